The van der Waals surface area contributed by atoms with Gasteiger partial charge in [-0.15, -0.1) is 0 Å². The highest BCUT2D eigenvalue weighted by Gasteiger charge is 2.20. The topological polar surface area (TPSA) is 59.1 Å². The Kier molecular flexibility index (Phi) is 36.9. The molecule has 0 bridgehead atoms. The molecule has 1 heterocycles. The second-order valence-corrected chi connectivity index (χ2v) is 16.3. The fourth-order valence-electron chi connectivity index (χ4n) is 7.64. The van der Waals surface area contributed by atoms with Crippen LogP contribution in [0.4, 0.5) is 0 Å². The third-order valence-electron chi connectivity index (χ3n) is 11.2. The third kappa shape index (κ3) is 32.6. The first kappa shape index (κ1) is 50.4. The first-order valence-corrected chi connectivity index (χ1v) is 23.7. The zero-order valence-corrected chi connectivity index (χ0v) is 36.3. The van der Waals surface area contributed by atoms with Crippen LogP contribution in [0.25, 0.3) is 0 Å². The fraction of sp³-hybridized carbons (Fsp3) is 0.875. The van der Waals surface area contributed by atoms with E-state index < -0.39 is 0 Å². The van der Waals surface area contributed by atoms with Crippen molar-refractivity contribution in [3.05, 3.63) is 24.3 Å². The second kappa shape index (κ2) is 39.6. The van der Waals surface area contributed by atoms with Gasteiger partial charge in [-0.2, -0.15) is 0 Å². The van der Waals surface area contributed by atoms with E-state index >= 15 is 0 Å². The molecule has 0 N–H and O–H groups in total. The first-order valence-electron chi connectivity index (χ1n) is 23.7. The van der Waals surface area contributed by atoms with E-state index in [4.69, 9.17) is 9.47 Å². The summed E-state index contributed by atoms with van der Waals surface area (Å²) in [5.74, 6) is -0.291. The maximum atomic E-state index is 13.0. The summed E-state index contributed by atoms with van der Waals surface area (Å²) in [5, 5.41) is 0. The van der Waals surface area contributed by atoms with Gasteiger partial charge in [-0.05, 0) is 103 Å². The van der Waals surface area contributed by atoms with Gasteiger partial charge in [0.25, 0.3) is 0 Å². The molecule has 0 atom stereocenters. The number of hydrogen-bond acceptors (Lipinski definition) is 6. The molecule has 1 saturated heterocycles. The van der Waals surface area contributed by atoms with Crippen molar-refractivity contribution in [3.63, 3.8) is 0 Å². The summed E-state index contributed by atoms with van der Waals surface area (Å²) < 4.78 is 11.2. The van der Waals surface area contributed by atoms with Gasteiger partial charge in [0.05, 0.1) is 12.3 Å². The Morgan fingerprint density at radius 1 is 0.556 bits per heavy atom. The average Bonchev–Trinajstić information content (AvgIpc) is 3.70. The average molecular weight is 759 g/mol. The van der Waals surface area contributed by atoms with E-state index in [1.165, 1.54) is 161 Å². The molecule has 316 valence electrons. The van der Waals surface area contributed by atoms with Crippen molar-refractivity contribution in [2.45, 2.75) is 213 Å². The van der Waals surface area contributed by atoms with Crippen molar-refractivity contribution >= 4 is 11.9 Å². The van der Waals surface area contributed by atoms with Gasteiger partial charge in [-0.25, -0.2) is 0 Å². The van der Waals surface area contributed by atoms with Crippen LogP contribution in [0.5, 0.6) is 0 Å². The van der Waals surface area contributed by atoms with Crippen LogP contribution in [-0.2, 0) is 19.1 Å². The highest BCUT2D eigenvalue weighted by atomic mass is 16.6. The summed E-state index contributed by atoms with van der Waals surface area (Å²) in [7, 11) is 0. The molecule has 0 spiro atoms. The molecule has 0 aromatic heterocycles. The number of unbranched alkanes of at least 4 members (excludes halogenated alkanes) is 19. The zero-order chi connectivity index (χ0) is 39.0. The Labute approximate surface area is 336 Å². The van der Waals surface area contributed by atoms with Gasteiger partial charge in [0.15, 0.2) is 0 Å². The number of nitrogens with zero attached hydrogens (tertiary/aromatic N) is 2. The van der Waals surface area contributed by atoms with Crippen molar-refractivity contribution < 1.29 is 19.1 Å². The van der Waals surface area contributed by atoms with Crippen LogP contribution in [0.1, 0.15) is 213 Å². The Balaban J connectivity index is 2.32. The molecule has 1 aliphatic heterocycles. The molecule has 0 amide bonds. The van der Waals surface area contributed by atoms with Crippen LogP contribution >= 0.6 is 0 Å². The maximum Gasteiger partial charge on any atom is 0.309 e. The van der Waals surface area contributed by atoms with Crippen LogP contribution in [0.3, 0.4) is 0 Å². The van der Waals surface area contributed by atoms with E-state index in [0.29, 0.717) is 6.42 Å². The van der Waals surface area contributed by atoms with Gasteiger partial charge in [0.1, 0.15) is 13.2 Å². The van der Waals surface area contributed by atoms with E-state index in [-0.39, 0.29) is 31.1 Å². The number of carbonyl (C=O) groups is 2. The van der Waals surface area contributed by atoms with Crippen LogP contribution in [0.2, 0.25) is 0 Å². The number of ether oxygens (including phenoxy) is 2. The minimum absolute atomic E-state index is 0.0216. The Morgan fingerprint density at radius 2 is 1.04 bits per heavy atom. The lowest BCUT2D eigenvalue weighted by atomic mass is 9.94. The van der Waals surface area contributed by atoms with Crippen molar-refractivity contribution in [2.75, 3.05) is 52.5 Å². The second-order valence-electron chi connectivity index (χ2n) is 16.3. The largest absolute Gasteiger partial charge is 0.462 e. The van der Waals surface area contributed by atoms with Gasteiger partial charge in [0, 0.05) is 6.54 Å². The lowest BCUT2D eigenvalue weighted by molar-refractivity contribution is -0.155. The van der Waals surface area contributed by atoms with Crippen molar-refractivity contribution in [2.24, 2.45) is 5.92 Å². The fourth-order valence-corrected chi connectivity index (χ4v) is 7.64. The minimum atomic E-state index is -0.177. The maximum absolute atomic E-state index is 13.0. The predicted molar refractivity (Wildman–Crippen MR) is 232 cm³/mol. The van der Waals surface area contributed by atoms with Gasteiger partial charge >= 0.3 is 11.9 Å². The molecular weight excluding hydrogens is 669 g/mol. The molecule has 1 fully saturated rings. The Bertz CT molecular complexity index is 868. The van der Waals surface area contributed by atoms with Crippen LogP contribution in [-0.4, -0.2) is 74.2 Å². The van der Waals surface area contributed by atoms with E-state index in [2.05, 4.69) is 54.9 Å². The third-order valence-corrected chi connectivity index (χ3v) is 11.2. The Morgan fingerprint density at radius 3 is 1.65 bits per heavy atom. The van der Waals surface area contributed by atoms with E-state index in [1.807, 2.05) is 0 Å². The predicted octanol–water partition coefficient (Wildman–Crippen LogP) is 13.2. The first-order chi connectivity index (χ1) is 26.6. The van der Waals surface area contributed by atoms with Crippen molar-refractivity contribution in [1.29, 1.82) is 0 Å². The van der Waals surface area contributed by atoms with Gasteiger partial charge in [-0.3, -0.25) is 9.59 Å². The van der Waals surface area contributed by atoms with E-state index in [9.17, 15) is 9.59 Å². The minimum Gasteiger partial charge on any atom is -0.462 e. The molecule has 6 nitrogen and oxygen atoms in total. The summed E-state index contributed by atoms with van der Waals surface area (Å²) in [6, 6.07) is 0. The molecule has 54 heavy (non-hydrogen) atoms. The summed E-state index contributed by atoms with van der Waals surface area (Å²) in [5.41, 5.74) is 0. The summed E-state index contributed by atoms with van der Waals surface area (Å²) in [6.07, 6.45) is 45.3. The standard InChI is InChI=1S/C48H90N2O4/c1-4-7-10-13-16-17-18-19-20-21-22-23-24-25-28-31-38-50(42-34-41-49-39-32-33-40-49)43-37-47(51)53-44-45-54-48(52)46(35-29-26-14-11-8-5-2)36-30-27-15-12-9-6-3/h16-17,19-20,46H,4-15,18,21-45H2,1-3H3/b17-16-,20-19-. The molecule has 0 aliphatic carbocycles. The number of esters is 2. The number of allylic oxidation sites excluding steroid dienone is 4. The molecule has 0 saturated carbocycles. The summed E-state index contributed by atoms with van der Waals surface area (Å²) in [6.45, 7) is 13.6. The normalized spacial score (nSPS) is 13.7. The van der Waals surface area contributed by atoms with Crippen LogP contribution < -0.4 is 0 Å². The molecule has 0 radical (unpaired) electrons. The SMILES string of the molecule is CCCCC/C=C\C/C=C\CCCCCCCCN(CCCN1CCCC1)CCC(=O)OCCOC(=O)C(CCCCCCCC)CCCCCCCC. The zero-order valence-electron chi connectivity index (χ0n) is 36.3. The highest BCUT2D eigenvalue weighted by Crippen LogP contribution is 2.21. The molecule has 0 aromatic carbocycles. The van der Waals surface area contributed by atoms with Gasteiger partial charge in [0.2, 0.25) is 0 Å². The molecule has 0 unspecified atom stereocenters. The molecule has 1 aliphatic rings. The van der Waals surface area contributed by atoms with E-state index in [0.717, 1.165) is 64.7 Å². The Hall–Kier alpha value is -1.66. The lowest BCUT2D eigenvalue weighted by Gasteiger charge is -2.23. The molecule has 6 heteroatoms. The van der Waals surface area contributed by atoms with Crippen LogP contribution in [0, 0.1) is 5.92 Å². The molecule has 1 rings (SSSR count). The van der Waals surface area contributed by atoms with Gasteiger partial charge < -0.3 is 19.3 Å². The van der Waals surface area contributed by atoms with Crippen molar-refractivity contribution in [1.82, 2.24) is 9.80 Å². The lowest BCUT2D eigenvalue weighted by Crippen LogP contribution is -2.32. The number of carbonyl (C=O) groups excluding carboxylic acids is 2. The van der Waals surface area contributed by atoms with Gasteiger partial charge in [-0.1, -0.05) is 161 Å². The molecule has 0 aromatic rings. The molecular formula is C48H90N2O4. The highest BCUT2D eigenvalue weighted by molar-refractivity contribution is 5.72. The summed E-state index contributed by atoms with van der Waals surface area (Å²) >= 11 is 0. The smallest absolute Gasteiger partial charge is 0.309 e. The van der Waals surface area contributed by atoms with E-state index in [1.54, 1.807) is 0 Å². The van der Waals surface area contributed by atoms with Crippen molar-refractivity contribution in [3.8, 4) is 0 Å². The van der Waals surface area contributed by atoms with Crippen LogP contribution in [0.15, 0.2) is 24.3 Å². The number of hydrogen-bond donors (Lipinski definition) is 0. The summed E-state index contributed by atoms with van der Waals surface area (Å²) in [4.78, 5) is 30.8. The monoisotopic (exact) mass is 759 g/mol. The number of rotatable bonds is 40. The number of likely N-dealkylation sites (tertiary alicyclic amines) is 1. The quantitative estimate of drug-likeness (QED) is 0.0352.